The SMILES string of the molecule is O=C(Cl)c1ccc(F)c(-c2ccc(F)cc2)c1. The summed E-state index contributed by atoms with van der Waals surface area (Å²) in [5, 5.41) is -0.659. The van der Waals surface area contributed by atoms with Gasteiger partial charge in [0.15, 0.2) is 0 Å². The minimum absolute atomic E-state index is 0.201. The fourth-order valence-corrected chi connectivity index (χ4v) is 1.62. The molecule has 0 saturated heterocycles. The molecular weight excluding hydrogens is 246 g/mol. The fraction of sp³-hybridized carbons (Fsp3) is 0. The van der Waals surface area contributed by atoms with Gasteiger partial charge in [0.05, 0.1) is 0 Å². The van der Waals surface area contributed by atoms with E-state index in [4.69, 9.17) is 11.6 Å². The van der Waals surface area contributed by atoms with Crippen LogP contribution in [-0.4, -0.2) is 5.24 Å². The number of carbonyl (C=O) groups is 1. The molecule has 0 fully saturated rings. The van der Waals surface area contributed by atoms with Gasteiger partial charge in [0.25, 0.3) is 5.24 Å². The van der Waals surface area contributed by atoms with Crippen LogP contribution in [0.3, 0.4) is 0 Å². The first kappa shape index (κ1) is 11.7. The topological polar surface area (TPSA) is 17.1 Å². The smallest absolute Gasteiger partial charge is 0.252 e. The summed E-state index contributed by atoms with van der Waals surface area (Å²) >= 11 is 5.32. The van der Waals surface area contributed by atoms with E-state index in [0.29, 0.717) is 5.56 Å². The van der Waals surface area contributed by atoms with Gasteiger partial charge in [0, 0.05) is 11.1 Å². The van der Waals surface area contributed by atoms with Gasteiger partial charge < -0.3 is 0 Å². The Balaban J connectivity index is 2.54. The molecule has 1 nitrogen and oxygen atoms in total. The first-order valence-corrected chi connectivity index (χ1v) is 5.21. The Hall–Kier alpha value is -1.74. The third-order valence-electron chi connectivity index (χ3n) is 2.35. The number of hydrogen-bond acceptors (Lipinski definition) is 1. The van der Waals surface area contributed by atoms with Crippen LogP contribution in [-0.2, 0) is 0 Å². The second-order valence-corrected chi connectivity index (χ2v) is 3.82. The Labute approximate surface area is 102 Å². The van der Waals surface area contributed by atoms with Crippen molar-refractivity contribution in [2.24, 2.45) is 0 Å². The molecule has 0 atom stereocenters. The van der Waals surface area contributed by atoms with Crippen LogP contribution < -0.4 is 0 Å². The standard InChI is InChI=1S/C13H7ClF2O/c14-13(17)9-3-6-12(16)11(7-9)8-1-4-10(15)5-2-8/h1-7H. The highest BCUT2D eigenvalue weighted by molar-refractivity contribution is 6.67. The fourth-order valence-electron chi connectivity index (χ4n) is 1.50. The third-order valence-corrected chi connectivity index (χ3v) is 2.57. The number of benzene rings is 2. The van der Waals surface area contributed by atoms with Crippen molar-refractivity contribution in [3.05, 3.63) is 59.7 Å². The highest BCUT2D eigenvalue weighted by Gasteiger charge is 2.09. The van der Waals surface area contributed by atoms with Crippen LogP contribution in [0, 0.1) is 11.6 Å². The van der Waals surface area contributed by atoms with E-state index in [9.17, 15) is 13.6 Å². The molecule has 86 valence electrons. The summed E-state index contributed by atoms with van der Waals surface area (Å²) in [4.78, 5) is 11.0. The lowest BCUT2D eigenvalue weighted by Crippen LogP contribution is -1.92. The lowest BCUT2D eigenvalue weighted by Gasteiger charge is -2.04. The average molecular weight is 253 g/mol. The molecule has 0 aliphatic carbocycles. The molecule has 2 aromatic carbocycles. The first-order chi connectivity index (χ1) is 8.08. The minimum atomic E-state index is -0.659. The second kappa shape index (κ2) is 4.63. The van der Waals surface area contributed by atoms with Gasteiger partial charge in [-0.1, -0.05) is 12.1 Å². The van der Waals surface area contributed by atoms with Crippen LogP contribution in [0.25, 0.3) is 11.1 Å². The van der Waals surface area contributed by atoms with Gasteiger partial charge in [0.2, 0.25) is 0 Å². The van der Waals surface area contributed by atoms with E-state index in [2.05, 4.69) is 0 Å². The second-order valence-electron chi connectivity index (χ2n) is 3.48. The van der Waals surface area contributed by atoms with Crippen LogP contribution in [0.2, 0.25) is 0 Å². The van der Waals surface area contributed by atoms with Crippen molar-refractivity contribution in [3.8, 4) is 11.1 Å². The molecule has 0 heterocycles. The molecule has 2 rings (SSSR count). The van der Waals surface area contributed by atoms with Crippen LogP contribution >= 0.6 is 11.6 Å². The van der Waals surface area contributed by atoms with Gasteiger partial charge in [-0.15, -0.1) is 0 Å². The van der Waals surface area contributed by atoms with Crippen LogP contribution in [0.15, 0.2) is 42.5 Å². The van der Waals surface area contributed by atoms with Gasteiger partial charge in [0.1, 0.15) is 11.6 Å². The predicted octanol–water partition coefficient (Wildman–Crippen LogP) is 4.01. The molecule has 0 bridgehead atoms. The molecule has 0 aliphatic heterocycles. The Morgan fingerprint density at radius 1 is 1.00 bits per heavy atom. The first-order valence-electron chi connectivity index (χ1n) is 4.83. The normalized spacial score (nSPS) is 10.3. The van der Waals surface area contributed by atoms with Crippen molar-refractivity contribution in [2.75, 3.05) is 0 Å². The van der Waals surface area contributed by atoms with E-state index in [1.807, 2.05) is 0 Å². The molecule has 0 spiro atoms. The maximum Gasteiger partial charge on any atom is 0.252 e. The molecular formula is C13H7ClF2O. The predicted molar refractivity (Wildman–Crippen MR) is 62.0 cm³/mol. The quantitative estimate of drug-likeness (QED) is 0.738. The van der Waals surface area contributed by atoms with Crippen LogP contribution in [0.5, 0.6) is 0 Å². The van der Waals surface area contributed by atoms with Gasteiger partial charge >= 0.3 is 0 Å². The van der Waals surface area contributed by atoms with Gasteiger partial charge in [-0.2, -0.15) is 0 Å². The summed E-state index contributed by atoms with van der Waals surface area (Å²) < 4.78 is 26.3. The molecule has 0 unspecified atom stereocenters. The molecule has 0 aliphatic rings. The highest BCUT2D eigenvalue weighted by atomic mass is 35.5. The zero-order valence-corrected chi connectivity index (χ0v) is 9.34. The van der Waals surface area contributed by atoms with E-state index >= 15 is 0 Å². The van der Waals surface area contributed by atoms with Crippen LogP contribution in [0.4, 0.5) is 8.78 Å². The number of halogens is 3. The summed E-state index contributed by atoms with van der Waals surface area (Å²) in [5.41, 5.74) is 0.910. The molecule has 17 heavy (non-hydrogen) atoms. The summed E-state index contributed by atoms with van der Waals surface area (Å²) in [5.74, 6) is -0.892. The summed E-state index contributed by atoms with van der Waals surface area (Å²) in [7, 11) is 0. The third kappa shape index (κ3) is 2.50. The number of rotatable bonds is 2. The maximum atomic E-state index is 13.6. The van der Waals surface area contributed by atoms with E-state index in [-0.39, 0.29) is 11.1 Å². The van der Waals surface area contributed by atoms with Gasteiger partial charge in [-0.3, -0.25) is 4.79 Å². The lowest BCUT2D eigenvalue weighted by atomic mass is 10.0. The monoisotopic (exact) mass is 252 g/mol. The molecule has 4 heteroatoms. The zero-order valence-electron chi connectivity index (χ0n) is 8.58. The molecule has 2 aromatic rings. The summed E-state index contributed by atoms with van der Waals surface area (Å²) in [6.07, 6.45) is 0. The number of carbonyl (C=O) groups excluding carboxylic acids is 1. The molecule has 0 N–H and O–H groups in total. The van der Waals surface area contributed by atoms with E-state index < -0.39 is 16.9 Å². The Morgan fingerprint density at radius 3 is 2.24 bits per heavy atom. The van der Waals surface area contributed by atoms with E-state index in [0.717, 1.165) is 6.07 Å². The van der Waals surface area contributed by atoms with E-state index in [1.165, 1.54) is 36.4 Å². The molecule has 0 aromatic heterocycles. The Bertz CT molecular complexity index is 564. The van der Waals surface area contributed by atoms with Crippen molar-refractivity contribution < 1.29 is 13.6 Å². The van der Waals surface area contributed by atoms with Crippen molar-refractivity contribution >= 4 is 16.8 Å². The average Bonchev–Trinajstić information content (AvgIpc) is 2.31. The summed E-state index contributed by atoms with van der Waals surface area (Å²) in [6.45, 7) is 0. The van der Waals surface area contributed by atoms with E-state index in [1.54, 1.807) is 0 Å². The van der Waals surface area contributed by atoms with Crippen molar-refractivity contribution in [1.82, 2.24) is 0 Å². The van der Waals surface area contributed by atoms with Crippen molar-refractivity contribution in [1.29, 1.82) is 0 Å². The molecule has 0 amide bonds. The molecule has 0 radical (unpaired) electrons. The zero-order chi connectivity index (χ0) is 12.4. The number of hydrogen-bond donors (Lipinski definition) is 0. The lowest BCUT2D eigenvalue weighted by molar-refractivity contribution is 0.108. The largest absolute Gasteiger partial charge is 0.276 e. The maximum absolute atomic E-state index is 13.6. The Kier molecular flexibility index (Phi) is 3.20. The van der Waals surface area contributed by atoms with Crippen LogP contribution in [0.1, 0.15) is 10.4 Å². The van der Waals surface area contributed by atoms with Gasteiger partial charge in [-0.25, -0.2) is 8.78 Å². The minimum Gasteiger partial charge on any atom is -0.276 e. The highest BCUT2D eigenvalue weighted by Crippen LogP contribution is 2.24. The Morgan fingerprint density at radius 2 is 1.65 bits per heavy atom. The molecule has 0 saturated carbocycles. The van der Waals surface area contributed by atoms with Crippen molar-refractivity contribution in [2.45, 2.75) is 0 Å². The van der Waals surface area contributed by atoms with Crippen molar-refractivity contribution in [3.63, 3.8) is 0 Å². The van der Waals surface area contributed by atoms with Gasteiger partial charge in [-0.05, 0) is 47.5 Å². The summed E-state index contributed by atoms with van der Waals surface area (Å²) in [6, 6.07) is 9.14.